The predicted molar refractivity (Wildman–Crippen MR) is 92.9 cm³/mol. The molecule has 2 atom stereocenters. The summed E-state index contributed by atoms with van der Waals surface area (Å²) < 4.78 is 28.3. The highest BCUT2D eigenvalue weighted by molar-refractivity contribution is 7.89. The molecule has 0 spiro atoms. The van der Waals surface area contributed by atoms with Crippen LogP contribution in [-0.2, 0) is 15.0 Å². The number of benzene rings is 1. The molecule has 3 aliphatic heterocycles. The highest BCUT2D eigenvalue weighted by Gasteiger charge is 2.48. The Morgan fingerprint density at radius 3 is 2.67 bits per heavy atom. The van der Waals surface area contributed by atoms with Gasteiger partial charge in [-0.25, -0.2) is 19.4 Å². The van der Waals surface area contributed by atoms with Crippen LogP contribution in [0.5, 0.6) is 0 Å². The van der Waals surface area contributed by atoms with Crippen LogP contribution in [0, 0.1) is 0 Å². The van der Waals surface area contributed by atoms with Crippen LogP contribution >= 0.6 is 0 Å². The SMILES string of the molecule is O=C(c1cn[nH]n1)N1CC2CCC(C1)N2S(=O)(=O)c1cccc2c1NON2. The van der Waals surface area contributed by atoms with Crippen LogP contribution in [0.1, 0.15) is 23.3 Å². The molecule has 12 heteroatoms. The zero-order valence-corrected chi connectivity index (χ0v) is 14.9. The summed E-state index contributed by atoms with van der Waals surface area (Å²) in [5.74, 6) is -0.238. The van der Waals surface area contributed by atoms with Crippen molar-refractivity contribution >= 4 is 27.3 Å². The van der Waals surface area contributed by atoms with Crippen molar-refractivity contribution in [2.24, 2.45) is 0 Å². The highest BCUT2D eigenvalue weighted by Crippen LogP contribution is 2.40. The lowest BCUT2D eigenvalue weighted by Gasteiger charge is -2.39. The summed E-state index contributed by atoms with van der Waals surface area (Å²) in [5.41, 5.74) is 6.45. The average Bonchev–Trinajstić information content (AvgIpc) is 3.40. The van der Waals surface area contributed by atoms with E-state index in [0.717, 1.165) is 0 Å². The summed E-state index contributed by atoms with van der Waals surface area (Å²) in [6.07, 6.45) is 2.80. The molecule has 0 saturated carbocycles. The normalized spacial score (nSPS) is 24.4. The van der Waals surface area contributed by atoms with Gasteiger partial charge in [0.1, 0.15) is 10.6 Å². The molecule has 1 aromatic carbocycles. The number of hydrogen-bond acceptors (Lipinski definition) is 8. The molecule has 27 heavy (non-hydrogen) atoms. The Kier molecular flexibility index (Phi) is 3.60. The minimum absolute atomic E-state index is 0.165. The van der Waals surface area contributed by atoms with Gasteiger partial charge in [-0.15, -0.1) is 0 Å². The Morgan fingerprint density at radius 1 is 1.19 bits per heavy atom. The molecule has 3 aliphatic rings. The van der Waals surface area contributed by atoms with Crippen molar-refractivity contribution in [3.63, 3.8) is 0 Å². The van der Waals surface area contributed by atoms with Crippen LogP contribution < -0.4 is 11.0 Å². The number of amides is 1. The first-order valence-corrected chi connectivity index (χ1v) is 9.99. The number of likely N-dealkylation sites (tertiary alicyclic amines) is 1. The van der Waals surface area contributed by atoms with Crippen LogP contribution in [0.25, 0.3) is 0 Å². The number of fused-ring (bicyclic) bond motifs is 3. The van der Waals surface area contributed by atoms with Crippen LogP contribution in [0.3, 0.4) is 0 Å². The van der Waals surface area contributed by atoms with Gasteiger partial charge >= 0.3 is 0 Å². The van der Waals surface area contributed by atoms with Gasteiger partial charge in [-0.3, -0.25) is 4.79 Å². The van der Waals surface area contributed by atoms with E-state index in [1.165, 1.54) is 6.20 Å². The number of nitrogens with zero attached hydrogens (tertiary/aromatic N) is 4. The van der Waals surface area contributed by atoms with Crippen LogP contribution in [0.15, 0.2) is 29.3 Å². The first-order valence-electron chi connectivity index (χ1n) is 8.55. The van der Waals surface area contributed by atoms with Crippen molar-refractivity contribution < 1.29 is 18.2 Å². The third-order valence-corrected chi connectivity index (χ3v) is 7.28. The van der Waals surface area contributed by atoms with Gasteiger partial charge in [0.15, 0.2) is 5.69 Å². The number of para-hydroxylation sites is 1. The number of H-pyrrole nitrogens is 1. The predicted octanol–water partition coefficient (Wildman–Crippen LogP) is 0.166. The summed E-state index contributed by atoms with van der Waals surface area (Å²) in [4.78, 5) is 19.3. The van der Waals surface area contributed by atoms with Crippen LogP contribution in [-0.4, -0.2) is 64.1 Å². The number of aromatic nitrogens is 3. The number of aromatic amines is 1. The van der Waals surface area contributed by atoms with Crippen molar-refractivity contribution in [1.82, 2.24) is 24.6 Å². The van der Waals surface area contributed by atoms with Crippen molar-refractivity contribution in [1.29, 1.82) is 0 Å². The van der Waals surface area contributed by atoms with Gasteiger partial charge in [0.25, 0.3) is 5.91 Å². The number of carbonyl (C=O) groups is 1. The number of rotatable bonds is 3. The Hall–Kier alpha value is -2.70. The molecule has 2 unspecified atom stereocenters. The second-order valence-electron chi connectivity index (χ2n) is 6.77. The molecule has 2 saturated heterocycles. The number of piperazine rings is 1. The van der Waals surface area contributed by atoms with Gasteiger partial charge in [0, 0.05) is 25.2 Å². The molecule has 1 amide bonds. The molecule has 0 aliphatic carbocycles. The zero-order valence-electron chi connectivity index (χ0n) is 14.1. The summed E-state index contributed by atoms with van der Waals surface area (Å²) in [6, 6.07) is 4.43. The molecule has 4 heterocycles. The largest absolute Gasteiger partial charge is 0.334 e. The number of anilines is 2. The van der Waals surface area contributed by atoms with Crippen molar-refractivity contribution in [3.8, 4) is 0 Å². The fourth-order valence-electron chi connectivity index (χ4n) is 4.07. The van der Waals surface area contributed by atoms with Gasteiger partial charge < -0.3 is 4.90 Å². The lowest BCUT2D eigenvalue weighted by Crippen LogP contribution is -2.57. The molecular formula is C15H17N7O4S. The van der Waals surface area contributed by atoms with Gasteiger partial charge in [-0.1, -0.05) is 6.07 Å². The third-order valence-electron chi connectivity index (χ3n) is 5.23. The minimum Gasteiger partial charge on any atom is -0.334 e. The quantitative estimate of drug-likeness (QED) is 0.674. The zero-order chi connectivity index (χ0) is 18.6. The number of hydrogen-bond donors (Lipinski definition) is 3. The summed E-state index contributed by atoms with van der Waals surface area (Å²) in [5, 5.41) is 9.92. The van der Waals surface area contributed by atoms with Gasteiger partial charge in [-0.2, -0.15) is 24.7 Å². The fraction of sp³-hybridized carbons (Fsp3) is 0.400. The monoisotopic (exact) mass is 391 g/mol. The van der Waals surface area contributed by atoms with Gasteiger partial charge in [0.2, 0.25) is 10.0 Å². The van der Waals surface area contributed by atoms with Crippen molar-refractivity contribution in [3.05, 3.63) is 30.1 Å². The molecule has 0 radical (unpaired) electrons. The number of nitrogens with one attached hydrogen (secondary N) is 3. The van der Waals surface area contributed by atoms with E-state index in [-0.39, 0.29) is 28.6 Å². The first kappa shape index (κ1) is 16.5. The third kappa shape index (κ3) is 2.48. The molecule has 2 bridgehead atoms. The molecule has 3 N–H and O–H groups in total. The smallest absolute Gasteiger partial charge is 0.276 e. The molecule has 11 nitrogen and oxygen atoms in total. The summed E-state index contributed by atoms with van der Waals surface area (Å²) in [6.45, 7) is 0.664. The van der Waals surface area contributed by atoms with E-state index in [1.54, 1.807) is 27.4 Å². The van der Waals surface area contributed by atoms with Gasteiger partial charge in [-0.05, 0) is 25.0 Å². The first-order chi connectivity index (χ1) is 13.1. The van der Waals surface area contributed by atoms with Gasteiger partial charge in [0.05, 0.1) is 11.9 Å². The summed E-state index contributed by atoms with van der Waals surface area (Å²) >= 11 is 0. The maximum absolute atomic E-state index is 13.4. The van der Waals surface area contributed by atoms with Crippen LogP contribution in [0.4, 0.5) is 11.4 Å². The molecule has 142 valence electrons. The van der Waals surface area contributed by atoms with E-state index in [0.29, 0.717) is 37.3 Å². The number of sulfonamides is 1. The topological polar surface area (TPSA) is 133 Å². The maximum atomic E-state index is 13.4. The van der Waals surface area contributed by atoms with E-state index in [1.807, 2.05) is 0 Å². The molecule has 2 aromatic rings. The maximum Gasteiger partial charge on any atom is 0.276 e. The fourth-order valence-corrected chi connectivity index (χ4v) is 6.09. The Labute approximate surface area is 154 Å². The number of carbonyl (C=O) groups excluding carboxylic acids is 1. The standard InChI is InChI=1S/C15H17N7O4S/c23-15(12-6-16-20-17-12)21-7-9-4-5-10(8-21)22(9)27(24,25)13-3-1-2-11-14(13)19-26-18-11/h1-3,6,9-10,18-19H,4-5,7-8H2,(H,16,17,20). The van der Waals surface area contributed by atoms with E-state index in [4.69, 9.17) is 4.94 Å². The van der Waals surface area contributed by atoms with Crippen molar-refractivity contribution in [2.45, 2.75) is 29.8 Å². The molecular weight excluding hydrogens is 374 g/mol. The van der Waals surface area contributed by atoms with Crippen molar-refractivity contribution in [2.75, 3.05) is 24.0 Å². The Balaban J connectivity index is 1.44. The Bertz CT molecular complexity index is 980. The van der Waals surface area contributed by atoms with E-state index in [9.17, 15) is 13.2 Å². The second-order valence-corrected chi connectivity index (χ2v) is 8.58. The van der Waals surface area contributed by atoms with Crippen LogP contribution in [0.2, 0.25) is 0 Å². The van der Waals surface area contributed by atoms with E-state index in [2.05, 4.69) is 26.4 Å². The average molecular weight is 391 g/mol. The lowest BCUT2D eigenvalue weighted by molar-refractivity contribution is 0.0609. The molecule has 1 aromatic heterocycles. The highest BCUT2D eigenvalue weighted by atomic mass is 32.2. The lowest BCUT2D eigenvalue weighted by atomic mass is 10.2. The van der Waals surface area contributed by atoms with E-state index >= 15 is 0 Å². The molecule has 2 fully saturated rings. The molecule has 5 rings (SSSR count). The second kappa shape index (κ2) is 5.90. The Morgan fingerprint density at radius 2 is 1.96 bits per heavy atom. The van der Waals surface area contributed by atoms with E-state index < -0.39 is 10.0 Å². The summed E-state index contributed by atoms with van der Waals surface area (Å²) in [7, 11) is -3.75. The minimum atomic E-state index is -3.75.